The molecule has 0 radical (unpaired) electrons. The minimum absolute atomic E-state index is 0.0292. The van der Waals surface area contributed by atoms with Crippen molar-refractivity contribution in [2.75, 3.05) is 105 Å². The molecule has 4 unspecified atom stereocenters. The Hall–Kier alpha value is -5.47. The maximum absolute atomic E-state index is 13.2. The first-order chi connectivity index (χ1) is 33.0. The summed E-state index contributed by atoms with van der Waals surface area (Å²) in [6, 6.07) is -4.18. The van der Waals surface area contributed by atoms with Crippen LogP contribution < -0.4 is 54.4 Å². The van der Waals surface area contributed by atoms with Crippen LogP contribution in [0.3, 0.4) is 0 Å². The summed E-state index contributed by atoms with van der Waals surface area (Å²) in [5, 5.41) is 27.4. The number of carboxylic acids is 1. The number of ether oxygens (including phenoxy) is 6. The maximum Gasteiger partial charge on any atom is 0.303 e. The molecule has 14 N–H and O–H groups in total. The molecule has 0 aromatic rings. The summed E-state index contributed by atoms with van der Waals surface area (Å²) >= 11 is 0. The minimum atomic E-state index is -1.30. The highest BCUT2D eigenvalue weighted by Crippen LogP contribution is 2.08. The summed E-state index contributed by atoms with van der Waals surface area (Å²) in [6.45, 7) is 8.83. The van der Waals surface area contributed by atoms with Crippen LogP contribution in [0.15, 0.2) is 5.82 Å². The van der Waals surface area contributed by atoms with E-state index in [1.807, 2.05) is 0 Å². The molecule has 0 aliphatic carbocycles. The Balaban J connectivity index is 4.16. The van der Waals surface area contributed by atoms with Crippen molar-refractivity contribution in [1.82, 2.24) is 37.2 Å². The van der Waals surface area contributed by atoms with Crippen LogP contribution >= 0.6 is 0 Å². The Labute approximate surface area is 403 Å². The summed E-state index contributed by atoms with van der Waals surface area (Å²) in [7, 11) is 0. The zero-order valence-corrected chi connectivity index (χ0v) is 40.4. The van der Waals surface area contributed by atoms with E-state index in [4.69, 9.17) is 45.6 Å². The molecule has 0 rings (SSSR count). The Morgan fingerprint density at radius 1 is 0.522 bits per heavy atom. The quantitative estimate of drug-likeness (QED) is 0.0206. The van der Waals surface area contributed by atoms with Gasteiger partial charge in [-0.15, -0.1) is 0 Å². The molecule has 26 nitrogen and oxygen atoms in total. The molecule has 4 atom stereocenters. The molecule has 0 aromatic carbocycles. The van der Waals surface area contributed by atoms with Crippen molar-refractivity contribution in [2.45, 2.75) is 103 Å². The van der Waals surface area contributed by atoms with Gasteiger partial charge in [0.1, 0.15) is 24.2 Å². The lowest BCUT2D eigenvalue weighted by atomic mass is 10.0. The molecular formula is C43H78N10O16. The summed E-state index contributed by atoms with van der Waals surface area (Å²) < 4.78 is 32.6. The fourth-order valence-electron chi connectivity index (χ4n) is 5.85. The Kier molecular flexibility index (Phi) is 38.2. The van der Waals surface area contributed by atoms with Crippen LogP contribution in [-0.2, 0) is 71.6 Å². The average molecular weight is 991 g/mol. The number of rotatable bonds is 45. The van der Waals surface area contributed by atoms with Crippen LogP contribution in [0.2, 0.25) is 0 Å². The second-order valence-corrected chi connectivity index (χ2v) is 15.7. The van der Waals surface area contributed by atoms with Crippen molar-refractivity contribution in [1.29, 1.82) is 0 Å². The van der Waals surface area contributed by atoms with Crippen molar-refractivity contribution < 1.29 is 76.7 Å². The van der Waals surface area contributed by atoms with Gasteiger partial charge in [0.15, 0.2) is 11.8 Å². The van der Waals surface area contributed by atoms with E-state index in [9.17, 15) is 48.3 Å². The third-order valence-corrected chi connectivity index (χ3v) is 9.49. The Morgan fingerprint density at radius 3 is 1.54 bits per heavy atom. The van der Waals surface area contributed by atoms with Gasteiger partial charge in [0, 0.05) is 45.8 Å². The predicted molar refractivity (Wildman–Crippen MR) is 248 cm³/mol. The molecule has 0 heterocycles. The number of aliphatic carboxylic acids is 1. The van der Waals surface area contributed by atoms with E-state index in [-0.39, 0.29) is 109 Å². The third-order valence-electron chi connectivity index (χ3n) is 9.49. The van der Waals surface area contributed by atoms with Gasteiger partial charge < -0.3 is 87.9 Å². The molecule has 0 bridgehead atoms. The van der Waals surface area contributed by atoms with Crippen molar-refractivity contribution in [3.8, 4) is 0 Å². The fraction of sp³-hybridized carbons (Fsp3) is 0.767. The molecule has 69 heavy (non-hydrogen) atoms. The second-order valence-electron chi connectivity index (χ2n) is 15.7. The van der Waals surface area contributed by atoms with Gasteiger partial charge in [-0.05, 0) is 51.0 Å². The number of hydrogen-bond acceptors (Lipinski definition) is 18. The van der Waals surface area contributed by atoms with Gasteiger partial charge in [-0.1, -0.05) is 13.8 Å². The highest BCUT2D eigenvalue weighted by atomic mass is 16.5. The van der Waals surface area contributed by atoms with Crippen molar-refractivity contribution in [3.05, 3.63) is 5.82 Å². The first kappa shape index (κ1) is 63.5. The van der Waals surface area contributed by atoms with Crippen molar-refractivity contribution in [3.63, 3.8) is 0 Å². The lowest BCUT2D eigenvalue weighted by Gasteiger charge is -2.27. The molecule has 0 fully saturated rings. The number of hydrogen-bond donors (Lipinski definition) is 11. The van der Waals surface area contributed by atoms with Gasteiger partial charge in [0.2, 0.25) is 41.4 Å². The molecule has 0 spiro atoms. The topological polar surface area (TPSA) is 392 Å². The summed E-state index contributed by atoms with van der Waals surface area (Å²) in [5.74, 6) is -4.13. The maximum atomic E-state index is 13.2. The first-order valence-electron chi connectivity index (χ1n) is 23.2. The number of nitrogens with one attached hydrogen (secondary N) is 7. The SMILES string of the molecule is CC(=O)NC(CCCCN)C(=O)NCCOCCOCCOCCC(=O)NCCOCCOCCOCCC(=O)NC(CCC(=O)O)C(=O)NC(C(=O)NC(CCCNC(N)=C=O)C(N)=O)C(C)C. The summed E-state index contributed by atoms with van der Waals surface area (Å²) in [6.07, 6.45) is 1.69. The van der Waals surface area contributed by atoms with Crippen LogP contribution in [-0.4, -0.2) is 188 Å². The van der Waals surface area contributed by atoms with Crippen LogP contribution in [0.4, 0.5) is 0 Å². The zero-order valence-electron chi connectivity index (χ0n) is 40.4. The zero-order chi connectivity index (χ0) is 51.7. The van der Waals surface area contributed by atoms with E-state index in [1.165, 1.54) is 12.9 Å². The Morgan fingerprint density at radius 2 is 1.03 bits per heavy atom. The normalized spacial score (nSPS) is 12.7. The van der Waals surface area contributed by atoms with E-state index >= 15 is 0 Å². The Bertz CT molecular complexity index is 1570. The van der Waals surface area contributed by atoms with E-state index < -0.39 is 66.1 Å². The van der Waals surface area contributed by atoms with Crippen LogP contribution in [0, 0.1) is 5.92 Å². The van der Waals surface area contributed by atoms with Gasteiger partial charge in [0.05, 0.1) is 79.3 Å². The largest absolute Gasteiger partial charge is 0.481 e. The van der Waals surface area contributed by atoms with Crippen LogP contribution in [0.1, 0.15) is 78.6 Å². The van der Waals surface area contributed by atoms with E-state index in [1.54, 1.807) is 13.8 Å². The summed E-state index contributed by atoms with van der Waals surface area (Å²) in [4.78, 5) is 109. The standard InChI is InChI=1S/C43H78N10O16/c1-30(2)39(43(63)52-32(40(46)60)8-6-14-47-35(45)29-54)53-42(62)34(9-10-38(58)59)51-37(57)12-18-65-22-26-69-27-23-66-19-15-48-36(56)11-17-64-21-25-68-28-24-67-20-16-49-41(61)33(50-31(3)55)7-4-5-13-44/h30,32-34,39,47H,4-28,44-45H2,1-3H3,(H2,46,60)(H,48,56)(H,49,61)(H,50,55)(H,51,57)(H,52,63)(H,53,62)(H,58,59). The number of primary amides is 1. The highest BCUT2D eigenvalue weighted by molar-refractivity contribution is 5.94. The van der Waals surface area contributed by atoms with Crippen LogP contribution in [0.5, 0.6) is 0 Å². The third kappa shape index (κ3) is 36.2. The smallest absolute Gasteiger partial charge is 0.303 e. The molecule has 0 saturated heterocycles. The molecule has 7 amide bonds. The number of unbranched alkanes of at least 4 members (excludes halogenated alkanes) is 1. The van der Waals surface area contributed by atoms with Crippen molar-refractivity contribution >= 4 is 53.3 Å². The molecular weight excluding hydrogens is 913 g/mol. The van der Waals surface area contributed by atoms with Gasteiger partial charge in [-0.2, -0.15) is 0 Å². The van der Waals surface area contributed by atoms with E-state index in [2.05, 4.69) is 37.2 Å². The predicted octanol–water partition coefficient (Wildman–Crippen LogP) is -3.81. The first-order valence-corrected chi connectivity index (χ1v) is 23.2. The lowest BCUT2D eigenvalue weighted by molar-refractivity contribution is -0.138. The summed E-state index contributed by atoms with van der Waals surface area (Å²) in [5.41, 5.74) is 16.3. The van der Waals surface area contributed by atoms with Crippen molar-refractivity contribution in [2.24, 2.45) is 23.1 Å². The number of carbonyl (C=O) groups excluding carboxylic acids is 8. The monoisotopic (exact) mass is 991 g/mol. The number of nitrogens with two attached hydrogens (primary N) is 3. The molecule has 0 saturated carbocycles. The fourth-order valence-corrected chi connectivity index (χ4v) is 5.85. The minimum Gasteiger partial charge on any atom is -0.481 e. The van der Waals surface area contributed by atoms with Gasteiger partial charge >= 0.3 is 5.97 Å². The van der Waals surface area contributed by atoms with Gasteiger partial charge in [-0.25, -0.2) is 4.79 Å². The molecule has 396 valence electrons. The lowest BCUT2D eigenvalue weighted by Crippen LogP contribution is -2.58. The van der Waals surface area contributed by atoms with E-state index in [0.717, 1.165) is 12.8 Å². The average Bonchev–Trinajstić information content (AvgIpc) is 3.30. The number of carbonyl (C=O) groups is 8. The molecule has 0 aliphatic heterocycles. The van der Waals surface area contributed by atoms with Gasteiger partial charge in [0.25, 0.3) is 0 Å². The highest BCUT2D eigenvalue weighted by Gasteiger charge is 2.31. The van der Waals surface area contributed by atoms with Crippen LogP contribution in [0.25, 0.3) is 0 Å². The number of amides is 7. The molecule has 26 heteroatoms. The molecule has 0 aliphatic rings. The number of carboxylic acid groups (broad SMARTS) is 1. The molecule has 0 aromatic heterocycles. The second kappa shape index (κ2) is 41.5. The van der Waals surface area contributed by atoms with Gasteiger partial charge in [-0.3, -0.25) is 38.4 Å². The van der Waals surface area contributed by atoms with E-state index in [0.29, 0.717) is 58.9 Å².